The van der Waals surface area contributed by atoms with E-state index in [1.165, 1.54) is 11.1 Å². The van der Waals surface area contributed by atoms with Crippen LogP contribution in [0.5, 0.6) is 11.5 Å². The van der Waals surface area contributed by atoms with Gasteiger partial charge in [0.1, 0.15) is 11.5 Å². The standard InChI is InChI=1S/C18H23O2P/c1-14-6-10-16(11-7-14)19-21(18(3,4)5)20-17-12-8-15(2)9-13-17/h6-13H,1-5H3. The normalized spacial score (nSPS) is 11.5. The maximum absolute atomic E-state index is 6.11. The predicted octanol–water partition coefficient (Wildman–Crippen LogP) is 5.87. The summed E-state index contributed by atoms with van der Waals surface area (Å²) in [6.45, 7) is 10.6. The average Bonchev–Trinajstić information content (AvgIpc) is 2.42. The lowest BCUT2D eigenvalue weighted by molar-refractivity contribution is 0.455. The summed E-state index contributed by atoms with van der Waals surface area (Å²) in [5, 5.41) is -0.0644. The van der Waals surface area contributed by atoms with Crippen LogP contribution < -0.4 is 9.05 Å². The Kier molecular flexibility index (Phi) is 4.90. The van der Waals surface area contributed by atoms with Gasteiger partial charge in [-0.15, -0.1) is 0 Å². The molecule has 0 heterocycles. The molecule has 0 aromatic heterocycles. The number of hydrogen-bond acceptors (Lipinski definition) is 2. The van der Waals surface area contributed by atoms with Gasteiger partial charge in [0.25, 0.3) is 8.38 Å². The summed E-state index contributed by atoms with van der Waals surface area (Å²) >= 11 is 0. The van der Waals surface area contributed by atoms with Crippen LogP contribution >= 0.6 is 8.38 Å². The van der Waals surface area contributed by atoms with Crippen molar-refractivity contribution in [1.82, 2.24) is 0 Å². The SMILES string of the molecule is Cc1ccc(OP(Oc2ccc(C)cc2)C(C)(C)C)cc1. The Labute approximate surface area is 129 Å². The molecule has 0 saturated carbocycles. The molecule has 0 aliphatic carbocycles. The topological polar surface area (TPSA) is 18.5 Å². The highest BCUT2D eigenvalue weighted by atomic mass is 31.2. The first-order valence-electron chi connectivity index (χ1n) is 7.14. The van der Waals surface area contributed by atoms with E-state index >= 15 is 0 Å². The summed E-state index contributed by atoms with van der Waals surface area (Å²) in [5.41, 5.74) is 2.45. The van der Waals surface area contributed by atoms with Gasteiger partial charge in [-0.25, -0.2) is 0 Å². The third-order valence-electron chi connectivity index (χ3n) is 2.97. The molecule has 2 rings (SSSR count). The van der Waals surface area contributed by atoms with Crippen LogP contribution in [0.4, 0.5) is 0 Å². The van der Waals surface area contributed by atoms with Crippen molar-refractivity contribution in [2.24, 2.45) is 0 Å². The van der Waals surface area contributed by atoms with E-state index in [4.69, 9.17) is 9.05 Å². The molecular weight excluding hydrogens is 279 g/mol. The molecular formula is C18H23O2P. The molecule has 0 fully saturated rings. The molecule has 112 valence electrons. The highest BCUT2D eigenvalue weighted by Crippen LogP contribution is 2.51. The maximum Gasteiger partial charge on any atom is 0.296 e. The predicted molar refractivity (Wildman–Crippen MR) is 90.3 cm³/mol. The number of rotatable bonds is 4. The van der Waals surface area contributed by atoms with Gasteiger partial charge in [0.15, 0.2) is 0 Å². The zero-order valence-electron chi connectivity index (χ0n) is 13.4. The van der Waals surface area contributed by atoms with Crippen LogP contribution in [0.15, 0.2) is 48.5 Å². The largest absolute Gasteiger partial charge is 0.438 e. The summed E-state index contributed by atoms with van der Waals surface area (Å²) in [6.07, 6.45) is 0. The second-order valence-electron chi connectivity index (χ2n) is 6.24. The summed E-state index contributed by atoms with van der Waals surface area (Å²) in [7, 11) is -1.07. The fraction of sp³-hybridized carbons (Fsp3) is 0.333. The van der Waals surface area contributed by atoms with Gasteiger partial charge in [-0.3, -0.25) is 0 Å². The summed E-state index contributed by atoms with van der Waals surface area (Å²) in [4.78, 5) is 0. The van der Waals surface area contributed by atoms with Crippen molar-refractivity contribution in [3.05, 3.63) is 59.7 Å². The van der Waals surface area contributed by atoms with E-state index in [-0.39, 0.29) is 5.16 Å². The van der Waals surface area contributed by atoms with Gasteiger partial charge in [-0.1, -0.05) is 35.4 Å². The Hall–Kier alpha value is -1.53. The molecule has 0 N–H and O–H groups in total. The minimum atomic E-state index is -1.07. The van der Waals surface area contributed by atoms with Crippen molar-refractivity contribution in [2.45, 2.75) is 39.8 Å². The highest BCUT2D eigenvalue weighted by molar-refractivity contribution is 7.49. The van der Waals surface area contributed by atoms with Crippen LogP contribution in [0.1, 0.15) is 31.9 Å². The van der Waals surface area contributed by atoms with Gasteiger partial charge in [-0.2, -0.15) is 0 Å². The van der Waals surface area contributed by atoms with Crippen LogP contribution in [-0.2, 0) is 0 Å². The van der Waals surface area contributed by atoms with Gasteiger partial charge >= 0.3 is 0 Å². The molecule has 0 bridgehead atoms. The Morgan fingerprint density at radius 3 is 1.29 bits per heavy atom. The zero-order valence-corrected chi connectivity index (χ0v) is 14.3. The lowest BCUT2D eigenvalue weighted by Gasteiger charge is -2.29. The lowest BCUT2D eigenvalue weighted by Crippen LogP contribution is -2.18. The minimum absolute atomic E-state index is 0.0644. The first-order chi connectivity index (χ1) is 9.84. The lowest BCUT2D eigenvalue weighted by atomic mass is 10.2. The Bertz CT molecular complexity index is 520. The van der Waals surface area contributed by atoms with E-state index in [1.807, 2.05) is 24.3 Å². The van der Waals surface area contributed by atoms with Crippen molar-refractivity contribution in [1.29, 1.82) is 0 Å². The quantitative estimate of drug-likeness (QED) is 0.657. The van der Waals surface area contributed by atoms with Crippen molar-refractivity contribution in [3.63, 3.8) is 0 Å². The minimum Gasteiger partial charge on any atom is -0.438 e. The Balaban J connectivity index is 2.15. The Morgan fingerprint density at radius 2 is 1.00 bits per heavy atom. The monoisotopic (exact) mass is 302 g/mol. The van der Waals surface area contributed by atoms with Crippen LogP contribution in [0.3, 0.4) is 0 Å². The molecule has 2 aromatic rings. The van der Waals surface area contributed by atoms with Gasteiger partial charge in [0.05, 0.1) is 5.16 Å². The van der Waals surface area contributed by atoms with Crippen molar-refractivity contribution < 1.29 is 9.05 Å². The fourth-order valence-corrected chi connectivity index (χ4v) is 2.89. The zero-order chi connectivity index (χ0) is 15.5. The summed E-state index contributed by atoms with van der Waals surface area (Å²) < 4.78 is 12.2. The summed E-state index contributed by atoms with van der Waals surface area (Å²) in [6, 6.07) is 16.2. The van der Waals surface area contributed by atoms with E-state index in [9.17, 15) is 0 Å². The maximum atomic E-state index is 6.11. The Morgan fingerprint density at radius 1 is 0.667 bits per heavy atom. The molecule has 2 nitrogen and oxygen atoms in total. The summed E-state index contributed by atoms with van der Waals surface area (Å²) in [5.74, 6) is 1.71. The molecule has 0 atom stereocenters. The van der Waals surface area contributed by atoms with E-state index in [0.29, 0.717) is 0 Å². The van der Waals surface area contributed by atoms with Crippen molar-refractivity contribution in [2.75, 3.05) is 0 Å². The number of benzene rings is 2. The molecule has 21 heavy (non-hydrogen) atoms. The third kappa shape index (κ3) is 4.75. The fourth-order valence-electron chi connectivity index (χ4n) is 1.68. The van der Waals surface area contributed by atoms with Crippen LogP contribution in [0.2, 0.25) is 0 Å². The van der Waals surface area contributed by atoms with Crippen molar-refractivity contribution in [3.8, 4) is 11.5 Å². The van der Waals surface area contributed by atoms with E-state index in [2.05, 4.69) is 58.9 Å². The molecule has 3 heteroatoms. The van der Waals surface area contributed by atoms with Crippen LogP contribution in [0, 0.1) is 13.8 Å². The second-order valence-corrected chi connectivity index (χ2v) is 8.46. The first-order valence-corrected chi connectivity index (χ1v) is 8.32. The molecule has 2 aromatic carbocycles. The second kappa shape index (κ2) is 6.49. The molecule has 0 amide bonds. The number of aryl methyl sites for hydroxylation is 2. The van der Waals surface area contributed by atoms with Gasteiger partial charge in [0.2, 0.25) is 0 Å². The molecule has 0 saturated heterocycles. The van der Waals surface area contributed by atoms with Gasteiger partial charge in [0, 0.05) is 0 Å². The first kappa shape index (κ1) is 15.9. The van der Waals surface area contributed by atoms with Crippen molar-refractivity contribution >= 4 is 8.38 Å². The third-order valence-corrected chi connectivity index (χ3v) is 4.82. The van der Waals surface area contributed by atoms with E-state index in [1.54, 1.807) is 0 Å². The molecule has 0 aliphatic rings. The van der Waals surface area contributed by atoms with E-state index in [0.717, 1.165) is 11.5 Å². The van der Waals surface area contributed by atoms with Gasteiger partial charge in [-0.05, 0) is 58.9 Å². The van der Waals surface area contributed by atoms with Gasteiger partial charge < -0.3 is 9.05 Å². The molecule has 0 spiro atoms. The van der Waals surface area contributed by atoms with Crippen LogP contribution in [0.25, 0.3) is 0 Å². The average molecular weight is 302 g/mol. The highest BCUT2D eigenvalue weighted by Gasteiger charge is 2.31. The van der Waals surface area contributed by atoms with Crippen LogP contribution in [-0.4, -0.2) is 5.16 Å². The molecule has 0 radical (unpaired) electrons. The smallest absolute Gasteiger partial charge is 0.296 e. The van der Waals surface area contributed by atoms with E-state index < -0.39 is 8.38 Å². The number of hydrogen-bond donors (Lipinski definition) is 0. The molecule has 0 unspecified atom stereocenters. The molecule has 0 aliphatic heterocycles.